The SMILES string of the molecule is CCC(C)C(=O)N1CCCC(C(=O)N2CCCCC2C(C)N)C1.Cl. The van der Waals surface area contributed by atoms with E-state index in [2.05, 4.69) is 0 Å². The zero-order valence-electron chi connectivity index (χ0n) is 15.4. The lowest BCUT2D eigenvalue weighted by Crippen LogP contribution is -2.55. The lowest BCUT2D eigenvalue weighted by Gasteiger charge is -2.42. The minimum atomic E-state index is -0.0453. The third kappa shape index (κ3) is 4.85. The van der Waals surface area contributed by atoms with Gasteiger partial charge in [0.25, 0.3) is 0 Å². The summed E-state index contributed by atoms with van der Waals surface area (Å²) in [5, 5.41) is 0. The Balaban J connectivity index is 0.00000288. The fourth-order valence-electron chi connectivity index (χ4n) is 3.88. The highest BCUT2D eigenvalue weighted by atomic mass is 35.5. The monoisotopic (exact) mass is 359 g/mol. The van der Waals surface area contributed by atoms with E-state index >= 15 is 0 Å². The molecule has 0 bridgehead atoms. The average Bonchev–Trinajstić information content (AvgIpc) is 2.59. The minimum Gasteiger partial charge on any atom is -0.342 e. The number of amides is 2. The second kappa shape index (κ2) is 9.62. The quantitative estimate of drug-likeness (QED) is 0.838. The number of hydrogen-bond donors (Lipinski definition) is 1. The maximum absolute atomic E-state index is 13.0. The number of nitrogens with zero attached hydrogens (tertiary/aromatic N) is 2. The molecule has 0 aromatic carbocycles. The van der Waals surface area contributed by atoms with Crippen LogP contribution < -0.4 is 5.73 Å². The first-order valence-electron chi connectivity index (χ1n) is 9.30. The maximum atomic E-state index is 13.0. The minimum absolute atomic E-state index is 0. The van der Waals surface area contributed by atoms with Crippen molar-refractivity contribution >= 4 is 24.2 Å². The van der Waals surface area contributed by atoms with E-state index in [1.165, 1.54) is 0 Å². The van der Waals surface area contributed by atoms with Gasteiger partial charge >= 0.3 is 0 Å². The van der Waals surface area contributed by atoms with Crippen molar-refractivity contribution in [1.82, 2.24) is 9.80 Å². The molecule has 2 amide bonds. The molecule has 0 aromatic rings. The maximum Gasteiger partial charge on any atom is 0.227 e. The van der Waals surface area contributed by atoms with Crippen molar-refractivity contribution < 1.29 is 9.59 Å². The molecule has 5 nitrogen and oxygen atoms in total. The summed E-state index contributed by atoms with van der Waals surface area (Å²) in [6.45, 7) is 8.21. The van der Waals surface area contributed by atoms with Crippen LogP contribution in [-0.4, -0.2) is 53.3 Å². The van der Waals surface area contributed by atoms with E-state index in [1.807, 2.05) is 30.6 Å². The number of piperidine rings is 2. The Bertz CT molecular complexity index is 430. The molecule has 2 fully saturated rings. The van der Waals surface area contributed by atoms with E-state index in [-0.39, 0.29) is 48.1 Å². The van der Waals surface area contributed by atoms with E-state index < -0.39 is 0 Å². The van der Waals surface area contributed by atoms with Crippen molar-refractivity contribution in [1.29, 1.82) is 0 Å². The summed E-state index contributed by atoms with van der Waals surface area (Å²) >= 11 is 0. The molecule has 6 heteroatoms. The van der Waals surface area contributed by atoms with Crippen LogP contribution in [-0.2, 0) is 9.59 Å². The molecule has 4 unspecified atom stereocenters. The molecule has 2 heterocycles. The Morgan fingerprint density at radius 1 is 1.12 bits per heavy atom. The van der Waals surface area contributed by atoms with E-state index in [4.69, 9.17) is 5.73 Å². The highest BCUT2D eigenvalue weighted by Gasteiger charge is 2.36. The van der Waals surface area contributed by atoms with Gasteiger partial charge in [-0.2, -0.15) is 0 Å². The normalized spacial score (nSPS) is 27.2. The zero-order chi connectivity index (χ0) is 17.0. The first kappa shape index (κ1) is 21.2. The standard InChI is InChI=1S/C18H33N3O2.ClH/c1-4-13(2)17(22)20-10-7-8-15(12-20)18(23)21-11-6-5-9-16(21)14(3)19;/h13-16H,4-12,19H2,1-3H3;1H. The Kier molecular flexibility index (Phi) is 8.51. The van der Waals surface area contributed by atoms with Gasteiger partial charge in [-0.25, -0.2) is 0 Å². The van der Waals surface area contributed by atoms with Crippen LogP contribution in [0.3, 0.4) is 0 Å². The van der Waals surface area contributed by atoms with Crippen LogP contribution >= 0.6 is 12.4 Å². The van der Waals surface area contributed by atoms with Crippen molar-refractivity contribution in [2.75, 3.05) is 19.6 Å². The van der Waals surface area contributed by atoms with Gasteiger partial charge in [-0.3, -0.25) is 9.59 Å². The van der Waals surface area contributed by atoms with Crippen molar-refractivity contribution in [3.63, 3.8) is 0 Å². The first-order chi connectivity index (χ1) is 11.0. The summed E-state index contributed by atoms with van der Waals surface area (Å²) in [5.41, 5.74) is 6.10. The van der Waals surface area contributed by atoms with Crippen molar-refractivity contribution in [2.45, 2.75) is 71.4 Å². The third-order valence-electron chi connectivity index (χ3n) is 5.56. The van der Waals surface area contributed by atoms with Crippen molar-refractivity contribution in [2.24, 2.45) is 17.6 Å². The van der Waals surface area contributed by atoms with Gasteiger partial charge in [0.05, 0.1) is 5.92 Å². The highest BCUT2D eigenvalue weighted by Crippen LogP contribution is 2.26. The molecule has 140 valence electrons. The van der Waals surface area contributed by atoms with Crippen LogP contribution in [0.2, 0.25) is 0 Å². The number of likely N-dealkylation sites (tertiary alicyclic amines) is 2. The molecular formula is C18H34ClN3O2. The predicted octanol–water partition coefficient (Wildman–Crippen LogP) is 2.42. The Labute approximate surface area is 152 Å². The lowest BCUT2D eigenvalue weighted by molar-refractivity contribution is -0.145. The molecule has 0 aliphatic carbocycles. The van der Waals surface area contributed by atoms with E-state index in [0.717, 1.165) is 51.6 Å². The summed E-state index contributed by atoms with van der Waals surface area (Å²) in [6.07, 6.45) is 5.90. The first-order valence-corrected chi connectivity index (χ1v) is 9.30. The van der Waals surface area contributed by atoms with E-state index in [1.54, 1.807) is 0 Å². The summed E-state index contributed by atoms with van der Waals surface area (Å²) in [6, 6.07) is 0.178. The molecule has 4 atom stereocenters. The summed E-state index contributed by atoms with van der Waals surface area (Å²) < 4.78 is 0. The average molecular weight is 360 g/mol. The molecule has 2 saturated heterocycles. The molecule has 0 radical (unpaired) electrons. The molecule has 24 heavy (non-hydrogen) atoms. The largest absolute Gasteiger partial charge is 0.342 e. The molecular weight excluding hydrogens is 326 g/mol. The smallest absolute Gasteiger partial charge is 0.227 e. The summed E-state index contributed by atoms with van der Waals surface area (Å²) in [7, 11) is 0. The molecule has 0 saturated carbocycles. The topological polar surface area (TPSA) is 66.6 Å². The fraction of sp³-hybridized carbons (Fsp3) is 0.889. The second-order valence-electron chi connectivity index (χ2n) is 7.39. The Hall–Kier alpha value is -0.810. The number of rotatable bonds is 4. The van der Waals surface area contributed by atoms with E-state index in [9.17, 15) is 9.59 Å². The van der Waals surface area contributed by atoms with Crippen molar-refractivity contribution in [3.8, 4) is 0 Å². The van der Waals surface area contributed by atoms with Gasteiger partial charge in [-0.1, -0.05) is 13.8 Å². The number of nitrogens with two attached hydrogens (primary N) is 1. The number of carbonyl (C=O) groups excluding carboxylic acids is 2. The Morgan fingerprint density at radius 2 is 1.83 bits per heavy atom. The number of carbonyl (C=O) groups is 2. The molecule has 2 aliphatic heterocycles. The number of hydrogen-bond acceptors (Lipinski definition) is 3. The zero-order valence-corrected chi connectivity index (χ0v) is 16.2. The predicted molar refractivity (Wildman–Crippen MR) is 99.0 cm³/mol. The van der Waals surface area contributed by atoms with Gasteiger partial charge in [-0.05, 0) is 45.4 Å². The van der Waals surface area contributed by atoms with Gasteiger partial charge in [0.2, 0.25) is 11.8 Å². The van der Waals surface area contributed by atoms with Crippen LogP contribution in [0.1, 0.15) is 59.3 Å². The second-order valence-corrected chi connectivity index (χ2v) is 7.39. The fourth-order valence-corrected chi connectivity index (χ4v) is 3.88. The van der Waals surface area contributed by atoms with Crippen LogP contribution in [0.25, 0.3) is 0 Å². The molecule has 0 aromatic heterocycles. The van der Waals surface area contributed by atoms with Gasteiger partial charge in [0.1, 0.15) is 0 Å². The van der Waals surface area contributed by atoms with Crippen LogP contribution in [0, 0.1) is 11.8 Å². The number of halogens is 1. The molecule has 0 spiro atoms. The van der Waals surface area contributed by atoms with Gasteiger partial charge in [-0.15, -0.1) is 12.4 Å². The molecule has 2 N–H and O–H groups in total. The Morgan fingerprint density at radius 3 is 2.46 bits per heavy atom. The van der Waals surface area contributed by atoms with Crippen molar-refractivity contribution in [3.05, 3.63) is 0 Å². The van der Waals surface area contributed by atoms with Crippen LogP contribution in [0.15, 0.2) is 0 Å². The van der Waals surface area contributed by atoms with Gasteiger partial charge < -0.3 is 15.5 Å². The van der Waals surface area contributed by atoms with E-state index in [0.29, 0.717) is 6.54 Å². The summed E-state index contributed by atoms with van der Waals surface area (Å²) in [5.74, 6) is 0.424. The van der Waals surface area contributed by atoms with Crippen LogP contribution in [0.5, 0.6) is 0 Å². The molecule has 2 aliphatic rings. The summed E-state index contributed by atoms with van der Waals surface area (Å²) in [4.78, 5) is 29.4. The molecule has 2 rings (SSSR count). The van der Waals surface area contributed by atoms with Gasteiger partial charge in [0.15, 0.2) is 0 Å². The van der Waals surface area contributed by atoms with Crippen LogP contribution in [0.4, 0.5) is 0 Å². The highest BCUT2D eigenvalue weighted by molar-refractivity contribution is 5.85. The lowest BCUT2D eigenvalue weighted by atomic mass is 9.91. The third-order valence-corrected chi connectivity index (χ3v) is 5.56. The van der Waals surface area contributed by atoms with Gasteiger partial charge in [0, 0.05) is 37.6 Å².